The fourth-order valence-electron chi connectivity index (χ4n) is 2.66. The molecule has 17 heavy (non-hydrogen) atoms. The summed E-state index contributed by atoms with van der Waals surface area (Å²) in [7, 11) is 0. The van der Waals surface area contributed by atoms with E-state index in [1.165, 1.54) is 36.8 Å². The van der Waals surface area contributed by atoms with Gasteiger partial charge in [-0.2, -0.15) is 0 Å². The molecule has 2 nitrogen and oxygen atoms in total. The van der Waals surface area contributed by atoms with Crippen molar-refractivity contribution >= 4 is 0 Å². The Kier molecular flexibility index (Phi) is 3.17. The third-order valence-electron chi connectivity index (χ3n) is 4.06. The van der Waals surface area contributed by atoms with E-state index in [1.54, 1.807) is 0 Å². The Labute approximate surface area is 104 Å². The van der Waals surface area contributed by atoms with Crippen LogP contribution in [0.4, 0.5) is 0 Å². The molecule has 0 radical (unpaired) electrons. The van der Waals surface area contributed by atoms with Crippen LogP contribution in [0.1, 0.15) is 36.8 Å². The van der Waals surface area contributed by atoms with Crippen molar-refractivity contribution in [1.29, 1.82) is 0 Å². The van der Waals surface area contributed by atoms with Crippen molar-refractivity contribution in [3.8, 4) is 0 Å². The zero-order valence-corrected chi connectivity index (χ0v) is 10.4. The zero-order valence-electron chi connectivity index (χ0n) is 10.4. The van der Waals surface area contributed by atoms with Crippen LogP contribution in [0.2, 0.25) is 0 Å². The molecule has 0 amide bonds. The molecule has 2 fully saturated rings. The van der Waals surface area contributed by atoms with Crippen molar-refractivity contribution in [1.82, 2.24) is 5.32 Å². The molecule has 92 valence electrons. The fraction of sp³-hybridized carbons (Fsp3) is 0.600. The van der Waals surface area contributed by atoms with Gasteiger partial charge in [0.15, 0.2) is 0 Å². The average molecular weight is 230 g/mol. The molecule has 1 aromatic carbocycles. The maximum absolute atomic E-state index is 5.60. The normalized spacial score (nSPS) is 19.9. The van der Waals surface area contributed by atoms with Gasteiger partial charge in [0.2, 0.25) is 0 Å². The SMILES string of the molecule is NCc1ccc(CNC(C2CC2)C2CC2)cc1. The molecule has 0 bridgehead atoms. The highest BCUT2D eigenvalue weighted by molar-refractivity contribution is 5.22. The summed E-state index contributed by atoms with van der Waals surface area (Å²) in [6.45, 7) is 1.66. The number of rotatable bonds is 6. The molecule has 3 rings (SSSR count). The summed E-state index contributed by atoms with van der Waals surface area (Å²) in [6.07, 6.45) is 5.78. The smallest absolute Gasteiger partial charge is 0.0208 e. The second-order valence-corrected chi connectivity index (χ2v) is 5.60. The summed E-state index contributed by atoms with van der Waals surface area (Å²) >= 11 is 0. The van der Waals surface area contributed by atoms with Crippen molar-refractivity contribution < 1.29 is 0 Å². The summed E-state index contributed by atoms with van der Waals surface area (Å²) in [6, 6.07) is 9.47. The molecular weight excluding hydrogens is 208 g/mol. The number of nitrogens with two attached hydrogens (primary N) is 1. The minimum absolute atomic E-state index is 0.639. The first kappa shape index (κ1) is 11.2. The molecule has 0 heterocycles. The van der Waals surface area contributed by atoms with Gasteiger partial charge in [-0.1, -0.05) is 24.3 Å². The van der Waals surface area contributed by atoms with E-state index in [9.17, 15) is 0 Å². The molecule has 0 unspecified atom stereocenters. The Morgan fingerprint density at radius 3 is 2.00 bits per heavy atom. The molecule has 0 aliphatic heterocycles. The number of nitrogens with one attached hydrogen (secondary N) is 1. The van der Waals surface area contributed by atoms with Crippen LogP contribution in [0.15, 0.2) is 24.3 Å². The molecule has 3 N–H and O–H groups in total. The van der Waals surface area contributed by atoms with Gasteiger partial charge in [0.05, 0.1) is 0 Å². The van der Waals surface area contributed by atoms with Crippen LogP contribution >= 0.6 is 0 Å². The lowest BCUT2D eigenvalue weighted by Gasteiger charge is -2.17. The van der Waals surface area contributed by atoms with Crippen LogP contribution < -0.4 is 11.1 Å². The largest absolute Gasteiger partial charge is 0.326 e. The first-order valence-corrected chi connectivity index (χ1v) is 6.88. The Balaban J connectivity index is 1.54. The lowest BCUT2D eigenvalue weighted by Crippen LogP contribution is -2.32. The van der Waals surface area contributed by atoms with Gasteiger partial charge in [0.1, 0.15) is 0 Å². The van der Waals surface area contributed by atoms with Crippen molar-refractivity contribution in [3.63, 3.8) is 0 Å². The quantitative estimate of drug-likeness (QED) is 0.787. The van der Waals surface area contributed by atoms with Gasteiger partial charge in [-0.05, 0) is 48.6 Å². The summed E-state index contributed by atoms with van der Waals surface area (Å²) in [5.74, 6) is 1.96. The van der Waals surface area contributed by atoms with Gasteiger partial charge in [0.25, 0.3) is 0 Å². The van der Waals surface area contributed by atoms with E-state index in [-0.39, 0.29) is 0 Å². The van der Waals surface area contributed by atoms with Crippen LogP contribution in [0.5, 0.6) is 0 Å². The molecule has 2 heteroatoms. The van der Waals surface area contributed by atoms with Gasteiger partial charge in [-0.15, -0.1) is 0 Å². The number of benzene rings is 1. The lowest BCUT2D eigenvalue weighted by molar-refractivity contribution is 0.416. The molecule has 1 aromatic rings. The van der Waals surface area contributed by atoms with Gasteiger partial charge < -0.3 is 11.1 Å². The van der Waals surface area contributed by atoms with Crippen LogP contribution in [-0.4, -0.2) is 6.04 Å². The predicted octanol–water partition coefficient (Wildman–Crippen LogP) is 2.42. The van der Waals surface area contributed by atoms with Gasteiger partial charge in [-0.3, -0.25) is 0 Å². The Bertz CT molecular complexity index is 351. The van der Waals surface area contributed by atoms with Crippen molar-refractivity contribution in [3.05, 3.63) is 35.4 Å². The first-order chi connectivity index (χ1) is 8.36. The molecule has 0 saturated heterocycles. The van der Waals surface area contributed by atoms with Crippen LogP contribution in [0, 0.1) is 11.8 Å². The van der Waals surface area contributed by atoms with E-state index in [0.717, 1.165) is 24.4 Å². The fourth-order valence-corrected chi connectivity index (χ4v) is 2.66. The molecule has 0 spiro atoms. The number of hydrogen-bond acceptors (Lipinski definition) is 2. The lowest BCUT2D eigenvalue weighted by atomic mass is 10.1. The van der Waals surface area contributed by atoms with Crippen LogP contribution in [0.25, 0.3) is 0 Å². The maximum Gasteiger partial charge on any atom is 0.0208 e. The van der Waals surface area contributed by atoms with Crippen molar-refractivity contribution in [2.75, 3.05) is 0 Å². The Morgan fingerprint density at radius 2 is 1.53 bits per heavy atom. The van der Waals surface area contributed by atoms with Crippen LogP contribution in [0.3, 0.4) is 0 Å². The van der Waals surface area contributed by atoms with Gasteiger partial charge >= 0.3 is 0 Å². The van der Waals surface area contributed by atoms with E-state index in [4.69, 9.17) is 5.73 Å². The third kappa shape index (κ3) is 2.88. The average Bonchev–Trinajstić information content (AvgIpc) is 3.24. The summed E-state index contributed by atoms with van der Waals surface area (Å²) in [4.78, 5) is 0. The van der Waals surface area contributed by atoms with Crippen molar-refractivity contribution in [2.24, 2.45) is 17.6 Å². The molecule has 0 atom stereocenters. The second kappa shape index (κ2) is 4.79. The molecule has 0 aromatic heterocycles. The maximum atomic E-state index is 5.60. The van der Waals surface area contributed by atoms with E-state index < -0.39 is 0 Å². The topological polar surface area (TPSA) is 38.0 Å². The van der Waals surface area contributed by atoms with Gasteiger partial charge in [0, 0.05) is 19.1 Å². The standard InChI is InChI=1S/C15H22N2/c16-9-11-1-3-12(4-2-11)10-17-15(13-5-6-13)14-7-8-14/h1-4,13-15,17H,5-10,16H2. The molecule has 2 aliphatic rings. The minimum atomic E-state index is 0.639. The summed E-state index contributed by atoms with van der Waals surface area (Å²) < 4.78 is 0. The van der Waals surface area contributed by atoms with Crippen LogP contribution in [-0.2, 0) is 13.1 Å². The van der Waals surface area contributed by atoms with E-state index in [0.29, 0.717) is 6.54 Å². The molecule has 2 aliphatic carbocycles. The third-order valence-corrected chi connectivity index (χ3v) is 4.06. The Morgan fingerprint density at radius 1 is 1.00 bits per heavy atom. The summed E-state index contributed by atoms with van der Waals surface area (Å²) in [5, 5.41) is 3.77. The van der Waals surface area contributed by atoms with Gasteiger partial charge in [-0.25, -0.2) is 0 Å². The second-order valence-electron chi connectivity index (χ2n) is 5.60. The zero-order chi connectivity index (χ0) is 11.7. The summed E-state index contributed by atoms with van der Waals surface area (Å²) in [5.41, 5.74) is 8.20. The predicted molar refractivity (Wildman–Crippen MR) is 70.4 cm³/mol. The first-order valence-electron chi connectivity index (χ1n) is 6.88. The van der Waals surface area contributed by atoms with E-state index >= 15 is 0 Å². The monoisotopic (exact) mass is 230 g/mol. The Hall–Kier alpha value is -0.860. The highest BCUT2D eigenvalue weighted by Gasteiger charge is 2.40. The highest BCUT2D eigenvalue weighted by atomic mass is 14.9. The van der Waals surface area contributed by atoms with E-state index in [2.05, 4.69) is 29.6 Å². The molecular formula is C15H22N2. The minimum Gasteiger partial charge on any atom is -0.326 e. The molecule has 2 saturated carbocycles. The van der Waals surface area contributed by atoms with E-state index in [1.807, 2.05) is 0 Å². The highest BCUT2D eigenvalue weighted by Crippen LogP contribution is 2.44. The number of hydrogen-bond donors (Lipinski definition) is 2. The van der Waals surface area contributed by atoms with Crippen molar-refractivity contribution in [2.45, 2.75) is 44.8 Å².